The normalized spacial score (nSPS) is 18.2. The second-order valence-corrected chi connectivity index (χ2v) is 6.24. The summed E-state index contributed by atoms with van der Waals surface area (Å²) in [5.41, 5.74) is 8.12. The minimum Gasteiger partial charge on any atom is -0.493 e. The molecule has 1 atom stereocenters. The third-order valence-corrected chi connectivity index (χ3v) is 4.34. The van der Waals surface area contributed by atoms with Crippen LogP contribution >= 0.6 is 0 Å². The summed E-state index contributed by atoms with van der Waals surface area (Å²) in [5.74, 6) is 1.56. The summed E-state index contributed by atoms with van der Waals surface area (Å²) in [6, 6.07) is 12.4. The maximum atomic E-state index is 5.95. The fraction of sp³-hybridized carbons (Fsp3) is 0.421. The van der Waals surface area contributed by atoms with Crippen molar-refractivity contribution in [2.75, 3.05) is 26.2 Å². The van der Waals surface area contributed by atoms with Crippen molar-refractivity contribution in [2.45, 2.75) is 19.4 Å². The number of ether oxygens (including phenoxy) is 1. The highest BCUT2D eigenvalue weighted by atomic mass is 16.5. The molecular formula is C19H25N3O. The van der Waals surface area contributed by atoms with Crippen LogP contribution in [0.25, 0.3) is 0 Å². The summed E-state index contributed by atoms with van der Waals surface area (Å²) in [7, 11) is 0. The van der Waals surface area contributed by atoms with Gasteiger partial charge in [0.15, 0.2) is 0 Å². The summed E-state index contributed by atoms with van der Waals surface area (Å²) >= 11 is 0. The van der Waals surface area contributed by atoms with Crippen molar-refractivity contribution in [3.63, 3.8) is 0 Å². The highest BCUT2D eigenvalue weighted by Crippen LogP contribution is 2.20. The van der Waals surface area contributed by atoms with Gasteiger partial charge in [0.1, 0.15) is 5.75 Å². The van der Waals surface area contributed by atoms with Crippen molar-refractivity contribution in [3.8, 4) is 5.75 Å². The fourth-order valence-corrected chi connectivity index (χ4v) is 3.08. The van der Waals surface area contributed by atoms with E-state index in [-0.39, 0.29) is 0 Å². The van der Waals surface area contributed by atoms with E-state index in [1.54, 1.807) is 0 Å². The largest absolute Gasteiger partial charge is 0.493 e. The van der Waals surface area contributed by atoms with E-state index in [1.165, 1.54) is 17.5 Å². The quantitative estimate of drug-likeness (QED) is 0.853. The van der Waals surface area contributed by atoms with Gasteiger partial charge in [-0.2, -0.15) is 0 Å². The monoisotopic (exact) mass is 311 g/mol. The van der Waals surface area contributed by atoms with Gasteiger partial charge < -0.3 is 10.5 Å². The number of rotatable bonds is 7. The second kappa shape index (κ2) is 8.09. The Morgan fingerprint density at radius 2 is 2.04 bits per heavy atom. The number of hydrogen-bond donors (Lipinski definition) is 1. The summed E-state index contributed by atoms with van der Waals surface area (Å²) in [4.78, 5) is 6.66. The molecule has 0 unspecified atom stereocenters. The Labute approximate surface area is 138 Å². The average Bonchev–Trinajstić information content (AvgIpc) is 3.03. The Bertz CT molecular complexity index is 585. The zero-order valence-corrected chi connectivity index (χ0v) is 13.5. The lowest BCUT2D eigenvalue weighted by atomic mass is 10.1. The van der Waals surface area contributed by atoms with E-state index < -0.39 is 0 Å². The van der Waals surface area contributed by atoms with Crippen LogP contribution in [0.2, 0.25) is 0 Å². The van der Waals surface area contributed by atoms with Crippen LogP contribution in [0, 0.1) is 5.92 Å². The molecule has 1 aliphatic rings. The maximum absolute atomic E-state index is 5.95. The van der Waals surface area contributed by atoms with Gasteiger partial charge in [0.05, 0.1) is 6.61 Å². The number of benzene rings is 1. The fourth-order valence-electron chi connectivity index (χ4n) is 3.08. The van der Waals surface area contributed by atoms with Crippen LogP contribution in [0.3, 0.4) is 0 Å². The molecule has 1 aromatic heterocycles. The van der Waals surface area contributed by atoms with Crippen LogP contribution in [-0.4, -0.2) is 36.1 Å². The lowest BCUT2D eigenvalue weighted by molar-refractivity contribution is 0.238. The van der Waals surface area contributed by atoms with E-state index in [1.807, 2.05) is 30.6 Å². The van der Waals surface area contributed by atoms with Gasteiger partial charge in [-0.15, -0.1) is 0 Å². The Hall–Kier alpha value is -1.91. The molecule has 2 N–H and O–H groups in total. The molecule has 0 saturated carbocycles. The predicted octanol–water partition coefficient (Wildman–Crippen LogP) is 2.48. The van der Waals surface area contributed by atoms with Crippen LogP contribution in [0.4, 0.5) is 0 Å². The molecule has 1 aromatic carbocycles. The lowest BCUT2D eigenvalue weighted by Crippen LogP contribution is -2.22. The first-order valence-electron chi connectivity index (χ1n) is 8.36. The van der Waals surface area contributed by atoms with Crippen molar-refractivity contribution in [2.24, 2.45) is 11.7 Å². The first-order valence-corrected chi connectivity index (χ1v) is 8.36. The number of likely N-dealkylation sites (tertiary alicyclic amines) is 1. The number of aromatic nitrogens is 1. The Morgan fingerprint density at radius 3 is 2.78 bits per heavy atom. The van der Waals surface area contributed by atoms with Crippen LogP contribution < -0.4 is 10.5 Å². The van der Waals surface area contributed by atoms with Crippen LogP contribution in [0.15, 0.2) is 48.8 Å². The van der Waals surface area contributed by atoms with Gasteiger partial charge in [-0.3, -0.25) is 9.88 Å². The summed E-state index contributed by atoms with van der Waals surface area (Å²) in [6.07, 6.45) is 5.90. The van der Waals surface area contributed by atoms with Gasteiger partial charge in [-0.1, -0.05) is 18.2 Å². The molecule has 4 heteroatoms. The summed E-state index contributed by atoms with van der Waals surface area (Å²) in [5, 5.41) is 0. The molecule has 1 saturated heterocycles. The second-order valence-electron chi connectivity index (χ2n) is 6.24. The molecule has 4 nitrogen and oxygen atoms in total. The van der Waals surface area contributed by atoms with E-state index in [4.69, 9.17) is 10.5 Å². The molecule has 23 heavy (non-hydrogen) atoms. The smallest absolute Gasteiger partial charge is 0.119 e. The predicted molar refractivity (Wildman–Crippen MR) is 92.3 cm³/mol. The van der Waals surface area contributed by atoms with Crippen LogP contribution in [-0.2, 0) is 13.0 Å². The van der Waals surface area contributed by atoms with Crippen molar-refractivity contribution in [3.05, 3.63) is 59.9 Å². The highest BCUT2D eigenvalue weighted by Gasteiger charge is 2.23. The first kappa shape index (κ1) is 16.0. The number of pyridine rings is 1. The Morgan fingerprint density at radius 1 is 1.17 bits per heavy atom. The van der Waals surface area contributed by atoms with Crippen molar-refractivity contribution in [1.29, 1.82) is 0 Å². The SMILES string of the molecule is NCCc1ccc(OC[C@@H]2CCN(Cc3cccnc3)C2)cc1. The highest BCUT2D eigenvalue weighted by molar-refractivity contribution is 5.27. The number of hydrogen-bond acceptors (Lipinski definition) is 4. The van der Waals surface area contributed by atoms with Crippen LogP contribution in [0.1, 0.15) is 17.5 Å². The molecule has 3 rings (SSSR count). The van der Waals surface area contributed by atoms with Gasteiger partial charge in [0.2, 0.25) is 0 Å². The Kier molecular flexibility index (Phi) is 5.61. The zero-order valence-electron chi connectivity index (χ0n) is 13.5. The minimum absolute atomic E-state index is 0.607. The molecule has 1 fully saturated rings. The standard InChI is InChI=1S/C19H25N3O/c20-9-7-16-3-5-19(6-4-16)23-15-18-8-11-22(14-18)13-17-2-1-10-21-12-17/h1-6,10,12,18H,7-9,11,13-15,20H2/t18-/m1/s1. The van der Waals surface area contributed by atoms with E-state index in [0.717, 1.165) is 38.4 Å². The molecule has 0 aliphatic carbocycles. The molecule has 2 aromatic rings. The number of nitrogens with two attached hydrogens (primary N) is 1. The van der Waals surface area contributed by atoms with E-state index >= 15 is 0 Å². The lowest BCUT2D eigenvalue weighted by Gasteiger charge is -2.16. The van der Waals surface area contributed by atoms with E-state index in [9.17, 15) is 0 Å². The van der Waals surface area contributed by atoms with E-state index in [0.29, 0.717) is 12.5 Å². The van der Waals surface area contributed by atoms with Crippen molar-refractivity contribution >= 4 is 0 Å². The van der Waals surface area contributed by atoms with Gasteiger partial charge in [-0.05, 0) is 55.3 Å². The van der Waals surface area contributed by atoms with Crippen molar-refractivity contribution in [1.82, 2.24) is 9.88 Å². The third kappa shape index (κ3) is 4.78. The molecular weight excluding hydrogens is 286 g/mol. The molecule has 0 radical (unpaired) electrons. The average molecular weight is 311 g/mol. The third-order valence-electron chi connectivity index (χ3n) is 4.34. The first-order chi connectivity index (χ1) is 11.3. The van der Waals surface area contributed by atoms with Gasteiger partial charge in [-0.25, -0.2) is 0 Å². The zero-order chi connectivity index (χ0) is 15.9. The maximum Gasteiger partial charge on any atom is 0.119 e. The van der Waals surface area contributed by atoms with Gasteiger partial charge in [0, 0.05) is 31.4 Å². The molecule has 0 spiro atoms. The topological polar surface area (TPSA) is 51.4 Å². The molecule has 0 amide bonds. The summed E-state index contributed by atoms with van der Waals surface area (Å²) in [6.45, 7) is 4.70. The number of nitrogens with zero attached hydrogens (tertiary/aromatic N) is 2. The molecule has 0 bridgehead atoms. The Balaban J connectivity index is 1.43. The van der Waals surface area contributed by atoms with Gasteiger partial charge in [0.25, 0.3) is 0 Å². The van der Waals surface area contributed by atoms with Crippen molar-refractivity contribution < 1.29 is 4.74 Å². The molecule has 1 aliphatic heterocycles. The van der Waals surface area contributed by atoms with Gasteiger partial charge >= 0.3 is 0 Å². The van der Waals surface area contributed by atoms with E-state index in [2.05, 4.69) is 28.1 Å². The van der Waals surface area contributed by atoms with Crippen LogP contribution in [0.5, 0.6) is 5.75 Å². The minimum atomic E-state index is 0.607. The molecule has 2 heterocycles. The molecule has 122 valence electrons. The summed E-state index contributed by atoms with van der Waals surface area (Å²) < 4.78 is 5.95.